The summed E-state index contributed by atoms with van der Waals surface area (Å²) in [5.41, 5.74) is 0. The van der Waals surface area contributed by atoms with Crippen LogP contribution in [0.15, 0.2) is 20.9 Å². The minimum Gasteiger partial charge on any atom is -0.362 e. The molecule has 2 fully saturated rings. The molecule has 1 saturated heterocycles. The molecule has 0 aromatic carbocycles. The van der Waals surface area contributed by atoms with E-state index in [0.717, 1.165) is 17.6 Å². The van der Waals surface area contributed by atoms with Crippen molar-refractivity contribution in [3.05, 3.63) is 20.8 Å². The zero-order valence-corrected chi connectivity index (χ0v) is 12.7. The van der Waals surface area contributed by atoms with Crippen LogP contribution in [0.25, 0.3) is 0 Å². The maximum Gasteiger partial charge on any atom is 0.157 e. The molecule has 17 heavy (non-hydrogen) atoms. The van der Waals surface area contributed by atoms with E-state index in [9.17, 15) is 0 Å². The molecule has 2 aliphatic rings. The molecule has 1 saturated carbocycles. The third kappa shape index (κ3) is 2.88. The van der Waals surface area contributed by atoms with Gasteiger partial charge in [-0.3, -0.25) is 4.99 Å². The molecule has 1 N–H and O–H groups in total. The van der Waals surface area contributed by atoms with Crippen molar-refractivity contribution in [1.82, 2.24) is 5.32 Å². The minimum absolute atomic E-state index is 0.699. The number of rotatable bonds is 2. The molecule has 1 aromatic rings. The first-order valence-electron chi connectivity index (χ1n) is 5.99. The van der Waals surface area contributed by atoms with Crippen LogP contribution in [0.1, 0.15) is 24.1 Å². The average molecular weight is 331 g/mol. The Morgan fingerprint density at radius 3 is 3.18 bits per heavy atom. The van der Waals surface area contributed by atoms with Crippen LogP contribution in [0, 0.1) is 5.92 Å². The number of aliphatic imine (C=N–C) groups is 1. The van der Waals surface area contributed by atoms with Crippen molar-refractivity contribution in [2.75, 3.05) is 5.75 Å². The monoisotopic (exact) mass is 330 g/mol. The number of nitrogens with one attached hydrogen (secondary N) is 1. The number of halogens is 1. The van der Waals surface area contributed by atoms with E-state index in [1.807, 2.05) is 11.8 Å². The molecule has 3 rings (SSSR count). The van der Waals surface area contributed by atoms with Gasteiger partial charge in [-0.05, 0) is 46.8 Å². The lowest BCUT2D eigenvalue weighted by molar-refractivity contribution is 0.490. The van der Waals surface area contributed by atoms with Crippen LogP contribution in [0.5, 0.6) is 0 Å². The highest BCUT2D eigenvalue weighted by atomic mass is 79.9. The maximum absolute atomic E-state index is 4.69. The van der Waals surface area contributed by atoms with Crippen LogP contribution < -0.4 is 5.32 Å². The maximum atomic E-state index is 4.69. The van der Waals surface area contributed by atoms with Gasteiger partial charge in [-0.15, -0.1) is 11.3 Å². The van der Waals surface area contributed by atoms with E-state index < -0.39 is 0 Å². The highest BCUT2D eigenvalue weighted by molar-refractivity contribution is 9.11. The molecule has 0 amide bonds. The van der Waals surface area contributed by atoms with Gasteiger partial charge in [-0.25, -0.2) is 0 Å². The summed E-state index contributed by atoms with van der Waals surface area (Å²) in [5.74, 6) is 2.14. The van der Waals surface area contributed by atoms with Crippen molar-refractivity contribution in [3.8, 4) is 0 Å². The summed E-state index contributed by atoms with van der Waals surface area (Å²) in [6.07, 6.45) is 4.11. The molecular weight excluding hydrogens is 316 g/mol. The quantitative estimate of drug-likeness (QED) is 0.890. The van der Waals surface area contributed by atoms with Crippen molar-refractivity contribution < 1.29 is 0 Å². The summed E-state index contributed by atoms with van der Waals surface area (Å²) in [4.78, 5) is 6.01. The first-order chi connectivity index (χ1) is 8.31. The Hall–Kier alpha value is -0.0000000000000000833. The predicted octanol–water partition coefficient (Wildman–Crippen LogP) is 3.87. The summed E-state index contributed by atoms with van der Waals surface area (Å²) in [6.45, 7) is 0.809. The molecule has 1 aromatic heterocycles. The number of hydrogen-bond donors (Lipinski definition) is 1. The molecule has 92 valence electrons. The zero-order valence-electron chi connectivity index (χ0n) is 9.49. The molecule has 2 unspecified atom stereocenters. The number of amidine groups is 1. The summed E-state index contributed by atoms with van der Waals surface area (Å²) in [7, 11) is 0. The first kappa shape index (κ1) is 12.1. The van der Waals surface area contributed by atoms with Crippen LogP contribution in [-0.2, 0) is 6.54 Å². The van der Waals surface area contributed by atoms with Crippen LogP contribution in [0.2, 0.25) is 0 Å². The van der Waals surface area contributed by atoms with Gasteiger partial charge in [0.2, 0.25) is 0 Å². The van der Waals surface area contributed by atoms with Crippen LogP contribution >= 0.6 is 39.0 Å². The second kappa shape index (κ2) is 5.33. The average Bonchev–Trinajstić information content (AvgIpc) is 2.94. The summed E-state index contributed by atoms with van der Waals surface area (Å²) in [5, 5.41) is 4.75. The van der Waals surface area contributed by atoms with Crippen LogP contribution in [-0.4, -0.2) is 17.0 Å². The van der Waals surface area contributed by atoms with Crippen molar-refractivity contribution in [2.24, 2.45) is 10.9 Å². The number of fused-ring (bicyclic) bond motifs is 1. The second-order valence-electron chi connectivity index (χ2n) is 4.58. The van der Waals surface area contributed by atoms with E-state index in [4.69, 9.17) is 0 Å². The Bertz CT molecular complexity index is 430. The van der Waals surface area contributed by atoms with Crippen molar-refractivity contribution >= 4 is 44.2 Å². The van der Waals surface area contributed by atoms with Gasteiger partial charge in [0.25, 0.3) is 0 Å². The number of nitrogens with zero attached hydrogens (tertiary/aromatic N) is 1. The summed E-state index contributed by atoms with van der Waals surface area (Å²) < 4.78 is 1.19. The molecule has 2 nitrogen and oxygen atoms in total. The van der Waals surface area contributed by atoms with Crippen molar-refractivity contribution in [3.63, 3.8) is 0 Å². The SMILES string of the molecule is Brc1ccc(CN=C2NC3CCCC3CS2)s1. The highest BCUT2D eigenvalue weighted by Gasteiger charge is 2.31. The van der Waals surface area contributed by atoms with E-state index in [1.54, 1.807) is 11.3 Å². The smallest absolute Gasteiger partial charge is 0.157 e. The number of thiophene rings is 1. The molecule has 0 spiro atoms. The molecule has 2 heterocycles. The Balaban J connectivity index is 1.61. The van der Waals surface area contributed by atoms with Crippen LogP contribution in [0.4, 0.5) is 0 Å². The fourth-order valence-electron chi connectivity index (χ4n) is 2.49. The molecule has 2 atom stereocenters. The number of hydrogen-bond acceptors (Lipinski definition) is 3. The third-order valence-electron chi connectivity index (χ3n) is 3.41. The number of thioether (sulfide) groups is 1. The van der Waals surface area contributed by atoms with Gasteiger partial charge in [0, 0.05) is 16.7 Å². The minimum atomic E-state index is 0.699. The predicted molar refractivity (Wildman–Crippen MR) is 79.9 cm³/mol. The molecule has 0 bridgehead atoms. The van der Waals surface area contributed by atoms with E-state index in [2.05, 4.69) is 38.4 Å². The Labute approximate surface area is 118 Å². The normalized spacial score (nSPS) is 30.3. The first-order valence-corrected chi connectivity index (χ1v) is 8.59. The Morgan fingerprint density at radius 2 is 2.35 bits per heavy atom. The largest absolute Gasteiger partial charge is 0.362 e. The highest BCUT2D eigenvalue weighted by Crippen LogP contribution is 2.33. The molecular formula is C12H15BrN2S2. The van der Waals surface area contributed by atoms with Gasteiger partial charge in [-0.2, -0.15) is 0 Å². The van der Waals surface area contributed by atoms with E-state index in [1.165, 1.54) is 33.7 Å². The molecule has 0 radical (unpaired) electrons. The lowest BCUT2D eigenvalue weighted by atomic mass is 10.1. The van der Waals surface area contributed by atoms with Gasteiger partial charge in [0.15, 0.2) is 5.17 Å². The van der Waals surface area contributed by atoms with Crippen LogP contribution in [0.3, 0.4) is 0 Å². The zero-order chi connectivity index (χ0) is 11.7. The lowest BCUT2D eigenvalue weighted by Gasteiger charge is -2.27. The van der Waals surface area contributed by atoms with Gasteiger partial charge in [0.1, 0.15) is 0 Å². The topological polar surface area (TPSA) is 24.4 Å². The standard InChI is InChI=1S/C12H15BrN2S2/c13-11-5-4-9(17-11)6-14-12-15-10-3-1-2-8(10)7-16-12/h4-5,8,10H,1-3,6-7H2,(H,14,15). The van der Waals surface area contributed by atoms with Gasteiger partial charge in [-0.1, -0.05) is 18.2 Å². The van der Waals surface area contributed by atoms with Gasteiger partial charge in [0.05, 0.1) is 10.3 Å². The van der Waals surface area contributed by atoms with Gasteiger partial charge >= 0.3 is 0 Å². The third-order valence-corrected chi connectivity index (χ3v) is 6.13. The Morgan fingerprint density at radius 1 is 1.41 bits per heavy atom. The summed E-state index contributed by atoms with van der Waals surface area (Å²) >= 11 is 7.15. The lowest BCUT2D eigenvalue weighted by Crippen LogP contribution is -2.41. The van der Waals surface area contributed by atoms with Crippen molar-refractivity contribution in [1.29, 1.82) is 0 Å². The second-order valence-corrected chi connectivity index (χ2v) is 8.14. The fraction of sp³-hybridized carbons (Fsp3) is 0.583. The molecule has 1 aliphatic heterocycles. The van der Waals surface area contributed by atoms with E-state index in [-0.39, 0.29) is 0 Å². The van der Waals surface area contributed by atoms with E-state index in [0.29, 0.717) is 6.04 Å². The van der Waals surface area contributed by atoms with Crippen molar-refractivity contribution in [2.45, 2.75) is 31.8 Å². The molecule has 5 heteroatoms. The fourth-order valence-corrected chi connectivity index (χ4v) is 5.06. The molecule has 1 aliphatic carbocycles. The summed E-state index contributed by atoms with van der Waals surface area (Å²) in [6, 6.07) is 4.93. The Kier molecular flexibility index (Phi) is 3.78. The van der Waals surface area contributed by atoms with E-state index >= 15 is 0 Å². The van der Waals surface area contributed by atoms with Gasteiger partial charge < -0.3 is 5.32 Å².